The maximum atomic E-state index is 13.9. The van der Waals surface area contributed by atoms with Crippen molar-refractivity contribution in [3.8, 4) is 0 Å². The molecule has 9 heteroatoms. The first kappa shape index (κ1) is 25.0. The fraction of sp³-hybridized carbons (Fsp3) is 0.826. The first-order chi connectivity index (χ1) is 15.2. The van der Waals surface area contributed by atoms with Gasteiger partial charge in [-0.2, -0.15) is 13.2 Å². The minimum atomic E-state index is -4.61. The van der Waals surface area contributed by atoms with Crippen molar-refractivity contribution in [2.24, 2.45) is 10.9 Å². The monoisotopic (exact) mass is 460 g/mol. The van der Waals surface area contributed by atoms with Gasteiger partial charge in [0.25, 0.3) is 5.91 Å². The van der Waals surface area contributed by atoms with Crippen LogP contribution >= 0.6 is 0 Å². The summed E-state index contributed by atoms with van der Waals surface area (Å²) >= 11 is 0. The summed E-state index contributed by atoms with van der Waals surface area (Å²) in [6.07, 6.45) is 2.08. The van der Waals surface area contributed by atoms with Gasteiger partial charge in [0.2, 0.25) is 0 Å². The largest absolute Gasteiger partial charge is 0.477 e. The molecule has 1 aliphatic heterocycles. The number of rotatable bonds is 6. The normalized spacial score (nSPS) is 27.8. The number of hydrogen-bond donors (Lipinski definition) is 0. The van der Waals surface area contributed by atoms with Crippen LogP contribution in [0.15, 0.2) is 16.1 Å². The molecule has 3 aliphatic rings. The minimum absolute atomic E-state index is 0.0832. The molecule has 0 aromatic carbocycles. The highest BCUT2D eigenvalue weighted by Gasteiger charge is 2.42. The SMILES string of the molecule is COC1CCCC(OC)C1CN(C)C(=O)C1=C(C(F)(F)F)CC(OC2CCCCC2)=NC1. The van der Waals surface area contributed by atoms with Gasteiger partial charge in [-0.1, -0.05) is 6.42 Å². The second kappa shape index (κ2) is 11.0. The third-order valence-electron chi connectivity index (χ3n) is 6.93. The Kier molecular flexibility index (Phi) is 8.61. The number of aliphatic imine (C=N–C) groups is 1. The maximum absolute atomic E-state index is 13.9. The van der Waals surface area contributed by atoms with Crippen molar-refractivity contribution in [2.75, 3.05) is 34.4 Å². The van der Waals surface area contributed by atoms with E-state index in [0.29, 0.717) is 0 Å². The number of carbonyl (C=O) groups is 1. The van der Waals surface area contributed by atoms with E-state index in [4.69, 9.17) is 14.2 Å². The highest BCUT2D eigenvalue weighted by Crippen LogP contribution is 2.36. The lowest BCUT2D eigenvalue weighted by Crippen LogP contribution is -2.47. The van der Waals surface area contributed by atoms with Gasteiger partial charge in [0.05, 0.1) is 30.7 Å². The van der Waals surface area contributed by atoms with Crippen molar-refractivity contribution >= 4 is 11.8 Å². The van der Waals surface area contributed by atoms with Crippen molar-refractivity contribution in [2.45, 2.75) is 82.3 Å². The Bertz CT molecular complexity index is 705. The molecule has 2 unspecified atom stereocenters. The number of methoxy groups -OCH3 is 2. The highest BCUT2D eigenvalue weighted by molar-refractivity contribution is 5.97. The van der Waals surface area contributed by atoms with Gasteiger partial charge in [-0.25, -0.2) is 0 Å². The van der Waals surface area contributed by atoms with Crippen molar-refractivity contribution < 1.29 is 32.2 Å². The number of hydrogen-bond acceptors (Lipinski definition) is 5. The minimum Gasteiger partial charge on any atom is -0.477 e. The van der Waals surface area contributed by atoms with Crippen LogP contribution in [0.1, 0.15) is 57.8 Å². The molecule has 2 fully saturated rings. The summed E-state index contributed by atoms with van der Waals surface area (Å²) < 4.78 is 58.6. The molecule has 0 spiro atoms. The number of ether oxygens (including phenoxy) is 3. The molecule has 0 aromatic heterocycles. The molecule has 32 heavy (non-hydrogen) atoms. The number of carbonyl (C=O) groups excluding carboxylic acids is 1. The van der Waals surface area contributed by atoms with Gasteiger partial charge in [-0.05, 0) is 44.9 Å². The van der Waals surface area contributed by atoms with Crippen LogP contribution in [0.2, 0.25) is 0 Å². The average molecular weight is 461 g/mol. The highest BCUT2D eigenvalue weighted by atomic mass is 19.4. The number of alkyl halides is 3. The number of nitrogens with zero attached hydrogens (tertiary/aromatic N) is 2. The van der Waals surface area contributed by atoms with Crippen LogP contribution in [-0.4, -0.2) is 75.5 Å². The second-order valence-electron chi connectivity index (χ2n) is 9.05. The quantitative estimate of drug-likeness (QED) is 0.594. The summed E-state index contributed by atoms with van der Waals surface area (Å²) in [6.45, 7) is -0.0498. The molecular formula is C23H35F3N2O4. The third kappa shape index (κ3) is 6.04. The Morgan fingerprint density at radius 3 is 2.22 bits per heavy atom. The van der Waals surface area contributed by atoms with Crippen LogP contribution in [0.4, 0.5) is 13.2 Å². The molecule has 2 saturated carbocycles. The molecule has 182 valence electrons. The number of dihydropyridines is 1. The van der Waals surface area contributed by atoms with E-state index >= 15 is 0 Å². The van der Waals surface area contributed by atoms with E-state index in [1.54, 1.807) is 14.2 Å². The number of amides is 1. The van der Waals surface area contributed by atoms with Crippen LogP contribution in [0, 0.1) is 5.92 Å². The fourth-order valence-corrected chi connectivity index (χ4v) is 5.14. The second-order valence-corrected chi connectivity index (χ2v) is 9.05. The topological polar surface area (TPSA) is 60.4 Å². The van der Waals surface area contributed by atoms with Crippen LogP contribution < -0.4 is 0 Å². The Morgan fingerprint density at radius 2 is 1.66 bits per heavy atom. The molecule has 3 rings (SSSR count). The molecule has 0 aromatic rings. The van der Waals surface area contributed by atoms with Crippen molar-refractivity contribution in [1.82, 2.24) is 4.90 Å². The summed E-state index contributed by atoms with van der Waals surface area (Å²) in [5.74, 6) is -0.650. The van der Waals surface area contributed by atoms with E-state index in [1.165, 1.54) is 11.9 Å². The molecule has 1 heterocycles. The lowest BCUT2D eigenvalue weighted by Gasteiger charge is -2.39. The van der Waals surface area contributed by atoms with Crippen molar-refractivity contribution in [1.29, 1.82) is 0 Å². The Labute approximate surface area is 188 Å². The molecule has 0 saturated heterocycles. The van der Waals surface area contributed by atoms with E-state index < -0.39 is 24.1 Å². The number of halogens is 3. The van der Waals surface area contributed by atoms with Gasteiger partial charge in [-0.3, -0.25) is 9.79 Å². The first-order valence-corrected chi connectivity index (χ1v) is 11.5. The molecule has 0 bridgehead atoms. The van der Waals surface area contributed by atoms with E-state index in [-0.39, 0.29) is 48.8 Å². The summed E-state index contributed by atoms with van der Waals surface area (Å²) in [4.78, 5) is 18.7. The van der Waals surface area contributed by atoms with Crippen LogP contribution in [0.25, 0.3) is 0 Å². The fourth-order valence-electron chi connectivity index (χ4n) is 5.14. The van der Waals surface area contributed by atoms with E-state index in [9.17, 15) is 18.0 Å². The van der Waals surface area contributed by atoms with Gasteiger partial charge < -0.3 is 19.1 Å². The lowest BCUT2D eigenvalue weighted by atomic mass is 9.83. The summed E-state index contributed by atoms with van der Waals surface area (Å²) in [7, 11) is 4.77. The standard InChI is InChI=1S/C23H35F3N2O4/c1-28(14-17-19(30-2)10-7-11-20(17)31-3)22(29)16-13-27-21(12-18(16)23(24,25)26)32-15-8-5-4-6-9-15/h15,17,19-20H,4-14H2,1-3H3. The average Bonchev–Trinajstić information content (AvgIpc) is 2.78. The molecule has 0 N–H and O–H groups in total. The van der Waals surface area contributed by atoms with Gasteiger partial charge in [-0.15, -0.1) is 0 Å². The molecule has 2 aliphatic carbocycles. The zero-order valence-electron chi connectivity index (χ0n) is 19.2. The lowest BCUT2D eigenvalue weighted by molar-refractivity contribution is -0.131. The van der Waals surface area contributed by atoms with Crippen molar-refractivity contribution in [3.63, 3.8) is 0 Å². The maximum Gasteiger partial charge on any atom is 0.413 e. The third-order valence-corrected chi connectivity index (χ3v) is 6.93. The summed E-state index contributed by atoms with van der Waals surface area (Å²) in [6, 6.07) is 0. The summed E-state index contributed by atoms with van der Waals surface area (Å²) in [5, 5.41) is 0. The Morgan fingerprint density at radius 1 is 1.03 bits per heavy atom. The first-order valence-electron chi connectivity index (χ1n) is 11.5. The predicted molar refractivity (Wildman–Crippen MR) is 115 cm³/mol. The zero-order valence-corrected chi connectivity index (χ0v) is 19.2. The molecule has 0 radical (unpaired) electrons. The van der Waals surface area contributed by atoms with Gasteiger partial charge in [0, 0.05) is 39.3 Å². The predicted octanol–water partition coefficient (Wildman–Crippen LogP) is 4.29. The van der Waals surface area contributed by atoms with Crippen LogP contribution in [0.3, 0.4) is 0 Å². The number of likely N-dealkylation sites (N-methyl/N-ethyl adjacent to an activating group) is 1. The van der Waals surface area contributed by atoms with E-state index in [0.717, 1.165) is 51.4 Å². The van der Waals surface area contributed by atoms with Crippen LogP contribution in [0.5, 0.6) is 0 Å². The van der Waals surface area contributed by atoms with Gasteiger partial charge in [0.1, 0.15) is 6.10 Å². The summed E-state index contributed by atoms with van der Waals surface area (Å²) in [5.41, 5.74) is -1.14. The van der Waals surface area contributed by atoms with E-state index in [2.05, 4.69) is 4.99 Å². The molecule has 6 nitrogen and oxygen atoms in total. The van der Waals surface area contributed by atoms with Gasteiger partial charge in [0.15, 0.2) is 5.90 Å². The van der Waals surface area contributed by atoms with Crippen LogP contribution in [-0.2, 0) is 19.0 Å². The zero-order chi connectivity index (χ0) is 23.3. The Hall–Kier alpha value is -1.61. The molecule has 1 amide bonds. The smallest absolute Gasteiger partial charge is 0.413 e. The Balaban J connectivity index is 1.72. The molecular weight excluding hydrogens is 425 g/mol. The van der Waals surface area contributed by atoms with Crippen molar-refractivity contribution in [3.05, 3.63) is 11.1 Å². The van der Waals surface area contributed by atoms with E-state index in [1.807, 2.05) is 0 Å². The van der Waals surface area contributed by atoms with Gasteiger partial charge >= 0.3 is 6.18 Å². The molecule has 2 atom stereocenters.